The highest BCUT2D eigenvalue weighted by Crippen LogP contribution is 2.21. The molecule has 1 fully saturated rings. The number of hydrogen-bond acceptors (Lipinski definition) is 5. The largest absolute Gasteiger partial charge is 0.382 e. The summed E-state index contributed by atoms with van der Waals surface area (Å²) in [6.07, 6.45) is 5.38. The van der Waals surface area contributed by atoms with Crippen LogP contribution in [-0.4, -0.2) is 59.4 Å². The fourth-order valence-electron chi connectivity index (χ4n) is 4.14. The van der Waals surface area contributed by atoms with Gasteiger partial charge in [0.25, 0.3) is 0 Å². The van der Waals surface area contributed by atoms with Crippen LogP contribution in [0.1, 0.15) is 50.8 Å². The molecule has 9 heteroatoms. The Balaban J connectivity index is 0.00000385. The maximum absolute atomic E-state index is 9.56. The number of anilines is 1. The van der Waals surface area contributed by atoms with E-state index in [1.165, 1.54) is 32.4 Å². The summed E-state index contributed by atoms with van der Waals surface area (Å²) in [6.45, 7) is 8.47. The van der Waals surface area contributed by atoms with Crippen LogP contribution in [0.25, 0.3) is 5.69 Å². The number of nitrogen functional groups attached to an aromatic ring is 1. The van der Waals surface area contributed by atoms with Gasteiger partial charge in [0.2, 0.25) is 0 Å². The van der Waals surface area contributed by atoms with E-state index < -0.39 is 0 Å². The van der Waals surface area contributed by atoms with Crippen molar-refractivity contribution in [3.63, 3.8) is 0 Å². The molecular formula is C24H37IN8. The summed E-state index contributed by atoms with van der Waals surface area (Å²) in [4.78, 5) is 6.92. The fourth-order valence-corrected chi connectivity index (χ4v) is 4.14. The van der Waals surface area contributed by atoms with E-state index in [2.05, 4.69) is 45.5 Å². The molecule has 0 bridgehead atoms. The molecule has 0 saturated carbocycles. The second kappa shape index (κ2) is 12.8. The van der Waals surface area contributed by atoms with Gasteiger partial charge in [0.1, 0.15) is 17.5 Å². The highest BCUT2D eigenvalue weighted by Gasteiger charge is 2.27. The van der Waals surface area contributed by atoms with Crippen molar-refractivity contribution >= 4 is 35.8 Å². The molecule has 33 heavy (non-hydrogen) atoms. The normalized spacial score (nSPS) is 14.9. The van der Waals surface area contributed by atoms with Crippen LogP contribution in [0.3, 0.4) is 0 Å². The van der Waals surface area contributed by atoms with E-state index >= 15 is 0 Å². The van der Waals surface area contributed by atoms with Crippen molar-refractivity contribution in [1.29, 1.82) is 5.26 Å². The Bertz CT molecular complexity index is 939. The third-order valence-electron chi connectivity index (χ3n) is 6.11. The standard InChI is InChI=1S/C24H36N8.HI/c1-24(2,31-15-8-5-9-16-31)18-29-23(27-3)28-14-10-13-21-20(17-25)22(26)32(30-21)19-11-6-4-7-12-19;/h4,6-7,11-12H,5,8-10,13-16,18,26H2,1-3H3,(H2,27,28,29);1H. The minimum Gasteiger partial charge on any atom is -0.382 e. The number of aromatic nitrogens is 2. The molecule has 1 aromatic heterocycles. The molecule has 4 N–H and O–H groups in total. The number of aliphatic imine (C=N–C) groups is 1. The highest BCUT2D eigenvalue weighted by atomic mass is 127. The lowest BCUT2D eigenvalue weighted by molar-refractivity contribution is 0.0982. The summed E-state index contributed by atoms with van der Waals surface area (Å²) in [5, 5.41) is 21.0. The van der Waals surface area contributed by atoms with Gasteiger partial charge < -0.3 is 16.4 Å². The van der Waals surface area contributed by atoms with Crippen LogP contribution in [0.2, 0.25) is 0 Å². The minimum atomic E-state index is 0. The van der Waals surface area contributed by atoms with Crippen LogP contribution in [0, 0.1) is 11.3 Å². The fraction of sp³-hybridized carbons (Fsp3) is 0.542. The number of nitrogens with zero attached hydrogens (tertiary/aromatic N) is 5. The zero-order valence-electron chi connectivity index (χ0n) is 20.0. The van der Waals surface area contributed by atoms with Crippen LogP contribution in [0.15, 0.2) is 35.3 Å². The van der Waals surface area contributed by atoms with E-state index in [-0.39, 0.29) is 29.5 Å². The lowest BCUT2D eigenvalue weighted by Gasteiger charge is -2.41. The average molecular weight is 565 g/mol. The summed E-state index contributed by atoms with van der Waals surface area (Å²) in [7, 11) is 1.79. The molecule has 0 radical (unpaired) electrons. The average Bonchev–Trinajstić information content (AvgIpc) is 3.14. The van der Waals surface area contributed by atoms with Crippen LogP contribution < -0.4 is 16.4 Å². The molecule has 1 aromatic carbocycles. The van der Waals surface area contributed by atoms with Crippen LogP contribution >= 0.6 is 24.0 Å². The Kier molecular flexibility index (Phi) is 10.4. The number of piperidine rings is 1. The Hall–Kier alpha value is -2.32. The quantitative estimate of drug-likeness (QED) is 0.197. The summed E-state index contributed by atoms with van der Waals surface area (Å²) in [6, 6.07) is 11.9. The van der Waals surface area contributed by atoms with Crippen molar-refractivity contribution in [2.45, 2.75) is 51.5 Å². The van der Waals surface area contributed by atoms with E-state index in [4.69, 9.17) is 5.73 Å². The van der Waals surface area contributed by atoms with Crippen molar-refractivity contribution in [2.75, 3.05) is 39.0 Å². The van der Waals surface area contributed by atoms with Crippen molar-refractivity contribution < 1.29 is 0 Å². The van der Waals surface area contributed by atoms with Gasteiger partial charge in [-0.1, -0.05) is 24.6 Å². The second-order valence-corrected chi connectivity index (χ2v) is 8.88. The first kappa shape index (κ1) is 26.9. The molecule has 2 aromatic rings. The topological polar surface area (TPSA) is 107 Å². The first-order valence-electron chi connectivity index (χ1n) is 11.5. The molecule has 2 heterocycles. The monoisotopic (exact) mass is 564 g/mol. The molecule has 3 rings (SSSR count). The maximum Gasteiger partial charge on any atom is 0.191 e. The molecule has 180 valence electrons. The third-order valence-corrected chi connectivity index (χ3v) is 6.11. The van der Waals surface area contributed by atoms with Crippen LogP contribution in [-0.2, 0) is 6.42 Å². The van der Waals surface area contributed by atoms with Gasteiger partial charge in [-0.3, -0.25) is 9.89 Å². The van der Waals surface area contributed by atoms with Gasteiger partial charge in [-0.25, -0.2) is 4.68 Å². The van der Waals surface area contributed by atoms with Gasteiger partial charge in [-0.2, -0.15) is 10.4 Å². The smallest absolute Gasteiger partial charge is 0.191 e. The number of nitrogens with two attached hydrogens (primary N) is 1. The number of nitriles is 1. The van der Waals surface area contributed by atoms with Gasteiger partial charge in [0, 0.05) is 25.7 Å². The Morgan fingerprint density at radius 2 is 1.88 bits per heavy atom. The van der Waals surface area contributed by atoms with Gasteiger partial charge in [-0.15, -0.1) is 24.0 Å². The molecule has 1 saturated heterocycles. The molecule has 0 spiro atoms. The SMILES string of the molecule is CN=C(NCCCc1nn(-c2ccccc2)c(N)c1C#N)NCC(C)(C)N1CCCCC1.I. The lowest BCUT2D eigenvalue weighted by atomic mass is 9.98. The highest BCUT2D eigenvalue weighted by molar-refractivity contribution is 14.0. The molecule has 1 aliphatic rings. The molecule has 0 atom stereocenters. The molecular weight excluding hydrogens is 527 g/mol. The zero-order valence-corrected chi connectivity index (χ0v) is 22.3. The number of likely N-dealkylation sites (tertiary alicyclic amines) is 1. The Morgan fingerprint density at radius 3 is 2.52 bits per heavy atom. The van der Waals surface area contributed by atoms with Gasteiger partial charge in [0.15, 0.2) is 5.96 Å². The maximum atomic E-state index is 9.56. The van der Waals surface area contributed by atoms with E-state index in [1.54, 1.807) is 11.7 Å². The van der Waals surface area contributed by atoms with Gasteiger partial charge in [0.05, 0.1) is 11.4 Å². The van der Waals surface area contributed by atoms with E-state index in [0.29, 0.717) is 17.8 Å². The summed E-state index contributed by atoms with van der Waals surface area (Å²) in [5.74, 6) is 1.18. The minimum absolute atomic E-state index is 0. The number of aryl methyl sites for hydroxylation is 1. The number of hydrogen-bond donors (Lipinski definition) is 3. The third kappa shape index (κ3) is 7.08. The van der Waals surface area contributed by atoms with Crippen molar-refractivity contribution in [1.82, 2.24) is 25.3 Å². The lowest BCUT2D eigenvalue weighted by Crippen LogP contribution is -2.54. The molecule has 0 unspecified atom stereocenters. The molecule has 8 nitrogen and oxygen atoms in total. The molecule has 0 amide bonds. The zero-order chi connectivity index (χ0) is 23.0. The summed E-state index contributed by atoms with van der Waals surface area (Å²) < 4.78 is 1.64. The Labute approximate surface area is 214 Å². The van der Waals surface area contributed by atoms with Crippen LogP contribution in [0.5, 0.6) is 0 Å². The summed E-state index contributed by atoms with van der Waals surface area (Å²) >= 11 is 0. The predicted molar refractivity (Wildman–Crippen MR) is 145 cm³/mol. The molecule has 0 aliphatic carbocycles. The molecule has 1 aliphatic heterocycles. The van der Waals surface area contributed by atoms with E-state index in [0.717, 1.165) is 36.9 Å². The first-order valence-corrected chi connectivity index (χ1v) is 11.5. The Morgan fingerprint density at radius 1 is 1.18 bits per heavy atom. The predicted octanol–water partition coefficient (Wildman–Crippen LogP) is 3.31. The first-order chi connectivity index (χ1) is 15.5. The van der Waals surface area contributed by atoms with Gasteiger partial charge in [-0.05, 0) is 64.8 Å². The number of rotatable bonds is 8. The number of guanidine groups is 1. The number of benzene rings is 1. The number of halogens is 1. The number of nitrogens with one attached hydrogen (secondary N) is 2. The van der Waals surface area contributed by atoms with Crippen molar-refractivity contribution in [2.24, 2.45) is 4.99 Å². The summed E-state index contributed by atoms with van der Waals surface area (Å²) in [5.41, 5.74) is 8.31. The van der Waals surface area contributed by atoms with Crippen molar-refractivity contribution in [3.05, 3.63) is 41.6 Å². The van der Waals surface area contributed by atoms with Crippen LogP contribution in [0.4, 0.5) is 5.82 Å². The second-order valence-electron chi connectivity index (χ2n) is 8.88. The van der Waals surface area contributed by atoms with E-state index in [1.807, 2.05) is 30.3 Å². The van der Waals surface area contributed by atoms with Crippen molar-refractivity contribution in [3.8, 4) is 11.8 Å². The van der Waals surface area contributed by atoms with E-state index in [9.17, 15) is 5.26 Å². The number of para-hydroxylation sites is 1. The van der Waals surface area contributed by atoms with Gasteiger partial charge >= 0.3 is 0 Å².